The van der Waals surface area contributed by atoms with Crippen LogP contribution in [0.15, 0.2) is 18.2 Å². The van der Waals surface area contributed by atoms with E-state index in [9.17, 15) is 13.2 Å². The molecule has 1 aliphatic heterocycles. The van der Waals surface area contributed by atoms with Gasteiger partial charge in [-0.05, 0) is 62.8 Å². The van der Waals surface area contributed by atoms with Crippen LogP contribution in [0.2, 0.25) is 0 Å². The molecule has 26 heavy (non-hydrogen) atoms. The van der Waals surface area contributed by atoms with E-state index >= 15 is 0 Å². The Morgan fingerprint density at radius 2 is 1.85 bits per heavy atom. The average molecular weight is 402 g/mol. The van der Waals surface area contributed by atoms with E-state index < -0.39 is 10.0 Å². The second-order valence-electron chi connectivity index (χ2n) is 7.32. The maximum absolute atomic E-state index is 12.7. The van der Waals surface area contributed by atoms with Crippen LogP contribution in [0.3, 0.4) is 0 Å². The molecule has 0 bridgehead atoms. The number of likely N-dealkylation sites (tertiary alicyclic amines) is 1. The maximum Gasteiger partial charge on any atom is 0.253 e. The van der Waals surface area contributed by atoms with Gasteiger partial charge in [0.25, 0.3) is 5.91 Å². The monoisotopic (exact) mass is 401 g/mol. The molecule has 0 spiro atoms. The Balaban J connectivity index is 0.00000243. The number of nitrogens with one attached hydrogen (secondary N) is 2. The molecule has 1 saturated heterocycles. The molecule has 3 rings (SSSR count). The first-order valence-corrected chi connectivity index (χ1v) is 10.8. The number of rotatable bonds is 6. The molecule has 1 aromatic rings. The van der Waals surface area contributed by atoms with Gasteiger partial charge in [-0.15, -0.1) is 12.4 Å². The lowest BCUT2D eigenvalue weighted by Crippen LogP contribution is -2.45. The Morgan fingerprint density at radius 3 is 2.42 bits per heavy atom. The molecule has 8 heteroatoms. The van der Waals surface area contributed by atoms with E-state index in [-0.39, 0.29) is 18.3 Å². The molecule has 2 fully saturated rings. The van der Waals surface area contributed by atoms with Gasteiger partial charge in [0, 0.05) is 24.7 Å². The van der Waals surface area contributed by atoms with Crippen molar-refractivity contribution in [1.29, 1.82) is 0 Å². The fourth-order valence-electron chi connectivity index (χ4n) is 3.19. The predicted octanol–water partition coefficient (Wildman–Crippen LogP) is 2.39. The summed E-state index contributed by atoms with van der Waals surface area (Å²) in [5, 5.41) is 3.61. The summed E-state index contributed by atoms with van der Waals surface area (Å²) in [4.78, 5) is 14.6. The third-order valence-electron chi connectivity index (χ3n) is 4.95. The summed E-state index contributed by atoms with van der Waals surface area (Å²) in [6.45, 7) is 4.41. The normalized spacial score (nSPS) is 18.3. The van der Waals surface area contributed by atoms with Crippen molar-refractivity contribution in [2.24, 2.45) is 5.92 Å². The number of nitrogens with zero attached hydrogens (tertiary/aromatic N) is 1. The summed E-state index contributed by atoms with van der Waals surface area (Å²) in [6.07, 6.45) is 5.75. The van der Waals surface area contributed by atoms with Crippen molar-refractivity contribution < 1.29 is 13.2 Å². The Morgan fingerprint density at radius 1 is 1.19 bits per heavy atom. The van der Waals surface area contributed by atoms with Gasteiger partial charge < -0.3 is 10.2 Å². The van der Waals surface area contributed by atoms with Gasteiger partial charge >= 0.3 is 0 Å². The van der Waals surface area contributed by atoms with E-state index in [1.807, 2.05) is 11.8 Å². The maximum atomic E-state index is 12.7. The summed E-state index contributed by atoms with van der Waals surface area (Å²) in [5.74, 6) is 0.838. The van der Waals surface area contributed by atoms with Crippen LogP contribution in [-0.4, -0.2) is 51.2 Å². The highest BCUT2D eigenvalue weighted by molar-refractivity contribution is 7.92. The Hall–Kier alpha value is -1.31. The van der Waals surface area contributed by atoms with Crippen molar-refractivity contribution in [2.75, 3.05) is 30.6 Å². The zero-order chi connectivity index (χ0) is 18.0. The summed E-state index contributed by atoms with van der Waals surface area (Å²) in [5.41, 5.74) is 1.79. The molecule has 1 aromatic carbocycles. The second kappa shape index (κ2) is 8.59. The molecule has 6 nitrogen and oxygen atoms in total. The standard InChI is InChI=1S/C18H27N3O3S.ClH/c1-13-3-6-15(11-17(13)20-25(2,23)24)18(22)21-9-7-16(8-10-21)19-12-14-4-5-14;/h3,6,11,14,16,19-20H,4-5,7-10,12H2,1-2H3;1H. The lowest BCUT2D eigenvalue weighted by Gasteiger charge is -2.32. The van der Waals surface area contributed by atoms with Crippen LogP contribution in [0.4, 0.5) is 5.69 Å². The Labute approximate surface area is 162 Å². The van der Waals surface area contributed by atoms with E-state index in [2.05, 4.69) is 10.0 Å². The van der Waals surface area contributed by atoms with Crippen LogP contribution in [0, 0.1) is 12.8 Å². The Bertz CT molecular complexity index is 742. The fraction of sp³-hybridized carbons (Fsp3) is 0.611. The van der Waals surface area contributed by atoms with E-state index in [0.717, 1.165) is 50.2 Å². The highest BCUT2D eigenvalue weighted by atomic mass is 35.5. The number of carbonyl (C=O) groups excluding carboxylic acids is 1. The van der Waals surface area contributed by atoms with Crippen molar-refractivity contribution in [3.63, 3.8) is 0 Å². The molecule has 1 amide bonds. The number of aryl methyl sites for hydroxylation is 1. The zero-order valence-electron chi connectivity index (χ0n) is 15.3. The minimum atomic E-state index is -3.37. The first-order valence-electron chi connectivity index (χ1n) is 8.93. The van der Waals surface area contributed by atoms with Crippen molar-refractivity contribution in [3.8, 4) is 0 Å². The van der Waals surface area contributed by atoms with Gasteiger partial charge in [0.15, 0.2) is 0 Å². The molecular weight excluding hydrogens is 374 g/mol. The minimum absolute atomic E-state index is 0. The van der Waals surface area contributed by atoms with Crippen molar-refractivity contribution >= 4 is 34.0 Å². The number of carbonyl (C=O) groups is 1. The van der Waals surface area contributed by atoms with E-state index in [0.29, 0.717) is 17.3 Å². The molecule has 2 aliphatic rings. The molecule has 1 saturated carbocycles. The summed E-state index contributed by atoms with van der Waals surface area (Å²) < 4.78 is 25.4. The molecular formula is C18H28ClN3O3S. The number of anilines is 1. The van der Waals surface area contributed by atoms with E-state index in [1.54, 1.807) is 18.2 Å². The van der Waals surface area contributed by atoms with E-state index in [4.69, 9.17) is 0 Å². The van der Waals surface area contributed by atoms with Gasteiger partial charge in [0.05, 0.1) is 11.9 Å². The number of hydrogen-bond acceptors (Lipinski definition) is 4. The number of benzene rings is 1. The quantitative estimate of drug-likeness (QED) is 0.767. The number of hydrogen-bond donors (Lipinski definition) is 2. The van der Waals surface area contributed by atoms with Crippen LogP contribution < -0.4 is 10.0 Å². The third kappa shape index (κ3) is 5.86. The topological polar surface area (TPSA) is 78.5 Å². The van der Waals surface area contributed by atoms with Crippen LogP contribution in [0.1, 0.15) is 41.6 Å². The van der Waals surface area contributed by atoms with Crippen molar-refractivity contribution in [3.05, 3.63) is 29.3 Å². The van der Waals surface area contributed by atoms with Crippen LogP contribution in [0.25, 0.3) is 0 Å². The van der Waals surface area contributed by atoms with Gasteiger partial charge in [-0.2, -0.15) is 0 Å². The summed E-state index contributed by atoms with van der Waals surface area (Å²) >= 11 is 0. The van der Waals surface area contributed by atoms with Crippen LogP contribution in [-0.2, 0) is 10.0 Å². The molecule has 146 valence electrons. The molecule has 0 atom stereocenters. The number of halogens is 1. The van der Waals surface area contributed by atoms with Gasteiger partial charge in [-0.1, -0.05) is 6.07 Å². The molecule has 0 unspecified atom stereocenters. The third-order valence-corrected chi connectivity index (χ3v) is 5.54. The van der Waals surface area contributed by atoms with Gasteiger partial charge in [0.1, 0.15) is 0 Å². The highest BCUT2D eigenvalue weighted by Crippen LogP contribution is 2.28. The van der Waals surface area contributed by atoms with Gasteiger partial charge in [-0.25, -0.2) is 8.42 Å². The molecule has 0 radical (unpaired) electrons. The van der Waals surface area contributed by atoms with Gasteiger partial charge in [0.2, 0.25) is 10.0 Å². The van der Waals surface area contributed by atoms with Crippen molar-refractivity contribution in [1.82, 2.24) is 10.2 Å². The number of sulfonamides is 1. The Kier molecular flexibility index (Phi) is 6.93. The lowest BCUT2D eigenvalue weighted by molar-refractivity contribution is 0.0705. The molecule has 1 aliphatic carbocycles. The predicted molar refractivity (Wildman–Crippen MR) is 107 cm³/mol. The molecule has 0 aromatic heterocycles. The smallest absolute Gasteiger partial charge is 0.253 e. The second-order valence-corrected chi connectivity index (χ2v) is 9.07. The number of piperidine rings is 1. The molecule has 2 N–H and O–H groups in total. The summed E-state index contributed by atoms with van der Waals surface area (Å²) in [6, 6.07) is 5.69. The van der Waals surface area contributed by atoms with Crippen LogP contribution in [0.5, 0.6) is 0 Å². The largest absolute Gasteiger partial charge is 0.339 e. The average Bonchev–Trinajstić information content (AvgIpc) is 3.38. The SMILES string of the molecule is Cc1ccc(C(=O)N2CCC(NCC3CC3)CC2)cc1NS(C)(=O)=O.Cl. The van der Waals surface area contributed by atoms with Gasteiger partial charge in [-0.3, -0.25) is 9.52 Å². The number of amides is 1. The highest BCUT2D eigenvalue weighted by Gasteiger charge is 2.26. The minimum Gasteiger partial charge on any atom is -0.339 e. The summed E-state index contributed by atoms with van der Waals surface area (Å²) in [7, 11) is -3.37. The zero-order valence-corrected chi connectivity index (χ0v) is 17.0. The fourth-order valence-corrected chi connectivity index (χ4v) is 3.81. The van der Waals surface area contributed by atoms with Crippen LogP contribution >= 0.6 is 12.4 Å². The molecule has 1 heterocycles. The van der Waals surface area contributed by atoms with E-state index in [1.165, 1.54) is 12.8 Å². The first-order chi connectivity index (χ1) is 11.8. The van der Waals surface area contributed by atoms with Crippen molar-refractivity contribution in [2.45, 2.75) is 38.6 Å². The lowest BCUT2D eigenvalue weighted by atomic mass is 10.0. The first kappa shape index (κ1) is 21.0.